The first kappa shape index (κ1) is 27.6. The lowest BCUT2D eigenvalue weighted by Crippen LogP contribution is -2.44. The van der Waals surface area contributed by atoms with Crippen molar-refractivity contribution in [3.63, 3.8) is 0 Å². The van der Waals surface area contributed by atoms with Crippen molar-refractivity contribution in [1.82, 2.24) is 14.8 Å². The summed E-state index contributed by atoms with van der Waals surface area (Å²) < 4.78 is 55.6. The predicted molar refractivity (Wildman–Crippen MR) is 135 cm³/mol. The van der Waals surface area contributed by atoms with Crippen LogP contribution in [0.3, 0.4) is 0 Å². The summed E-state index contributed by atoms with van der Waals surface area (Å²) >= 11 is 11.8. The summed E-state index contributed by atoms with van der Waals surface area (Å²) in [7, 11) is 3.02. The lowest BCUT2D eigenvalue weighted by molar-refractivity contribution is -0.137. The number of benzene rings is 1. The summed E-state index contributed by atoms with van der Waals surface area (Å²) in [6.45, 7) is 1.32. The Balaban J connectivity index is 1.68. The van der Waals surface area contributed by atoms with E-state index in [0.29, 0.717) is 0 Å². The zero-order valence-corrected chi connectivity index (χ0v) is 21.9. The second kappa shape index (κ2) is 10.4. The highest BCUT2D eigenvalue weighted by molar-refractivity contribution is 6.31. The molecule has 0 spiro atoms. The minimum Gasteiger partial charge on any atom is -0.344 e. The molecule has 1 N–H and O–H groups in total. The molecule has 1 aliphatic rings. The molecule has 3 aromatic rings. The molecule has 14 heteroatoms. The van der Waals surface area contributed by atoms with Crippen LogP contribution in [0.2, 0.25) is 10.2 Å². The number of anilines is 3. The summed E-state index contributed by atoms with van der Waals surface area (Å²) in [5.41, 5.74) is -0.567. The van der Waals surface area contributed by atoms with Crippen molar-refractivity contribution in [2.75, 3.05) is 28.7 Å². The summed E-state index contributed by atoms with van der Waals surface area (Å²) in [5, 5.41) is 6.78. The highest BCUT2D eigenvalue weighted by Gasteiger charge is 2.43. The number of hydrogen-bond acceptors (Lipinski definition) is 5. The number of rotatable bonds is 5. The van der Waals surface area contributed by atoms with Gasteiger partial charge in [-0.2, -0.15) is 18.3 Å². The summed E-state index contributed by atoms with van der Waals surface area (Å²) in [4.78, 5) is 33.5. The van der Waals surface area contributed by atoms with Crippen LogP contribution in [-0.4, -0.2) is 46.2 Å². The van der Waals surface area contributed by atoms with E-state index in [9.17, 15) is 27.2 Å². The molecule has 2 atom stereocenters. The smallest absolute Gasteiger partial charge is 0.344 e. The Kier molecular flexibility index (Phi) is 7.57. The average Bonchev–Trinajstić information content (AvgIpc) is 3.42. The van der Waals surface area contributed by atoms with Gasteiger partial charge in [0.2, 0.25) is 11.8 Å². The van der Waals surface area contributed by atoms with Crippen molar-refractivity contribution in [3.05, 3.63) is 63.6 Å². The van der Waals surface area contributed by atoms with Gasteiger partial charge in [0.15, 0.2) is 5.82 Å². The van der Waals surface area contributed by atoms with Crippen LogP contribution in [0.1, 0.15) is 17.7 Å². The van der Waals surface area contributed by atoms with Crippen LogP contribution < -0.4 is 15.1 Å². The molecule has 38 heavy (non-hydrogen) atoms. The number of likely N-dealkylation sites (N-methyl/N-ethyl adjacent to an activating group) is 1. The van der Waals surface area contributed by atoms with E-state index in [0.717, 1.165) is 18.2 Å². The van der Waals surface area contributed by atoms with Crippen LogP contribution in [0.15, 0.2) is 36.4 Å². The summed E-state index contributed by atoms with van der Waals surface area (Å²) in [6, 6.07) is 5.84. The number of carbonyl (C=O) groups excluding carboxylic acids is 2. The standard InChI is InChI=1S/C24H22Cl2F4N6O2/c1-12-6-14(24(28,29)30)8-21(31-12)36-11-13(22(37)32-20-10-19(26)35(3)33-20)7-18(36)23(38)34(2)15-4-5-17(27)16(25)9-15/h4-6,8-10,13,18H,7,11H2,1-3H3,(H,32,33,37)/t13-,18-/m0/s1. The second-order valence-electron chi connectivity index (χ2n) is 8.91. The lowest BCUT2D eigenvalue weighted by Gasteiger charge is -2.29. The number of aryl methyl sites for hydroxylation is 2. The third-order valence-corrected chi connectivity index (χ3v) is 6.86. The van der Waals surface area contributed by atoms with Crippen molar-refractivity contribution in [2.45, 2.75) is 25.6 Å². The Hall–Kier alpha value is -3.38. The van der Waals surface area contributed by atoms with E-state index >= 15 is 0 Å². The molecular weight excluding hydrogens is 551 g/mol. The van der Waals surface area contributed by atoms with E-state index in [1.165, 1.54) is 46.7 Å². The van der Waals surface area contributed by atoms with Crippen molar-refractivity contribution in [2.24, 2.45) is 13.0 Å². The fourth-order valence-electron chi connectivity index (χ4n) is 4.25. The van der Waals surface area contributed by atoms with Gasteiger partial charge in [-0.25, -0.2) is 9.37 Å². The van der Waals surface area contributed by atoms with Gasteiger partial charge in [0, 0.05) is 38.1 Å². The van der Waals surface area contributed by atoms with Gasteiger partial charge >= 0.3 is 6.18 Å². The molecule has 0 unspecified atom stereocenters. The van der Waals surface area contributed by atoms with Gasteiger partial charge in [0.1, 0.15) is 22.8 Å². The molecule has 1 aromatic carbocycles. The molecule has 2 aromatic heterocycles. The van der Waals surface area contributed by atoms with Gasteiger partial charge in [0.25, 0.3) is 0 Å². The molecule has 1 aliphatic heterocycles. The maximum atomic E-state index is 13.7. The first-order valence-electron chi connectivity index (χ1n) is 11.3. The minimum absolute atomic E-state index is 0.0263. The maximum absolute atomic E-state index is 13.7. The third kappa shape index (κ3) is 5.70. The number of pyridine rings is 1. The fraction of sp³-hybridized carbons (Fsp3) is 0.333. The number of alkyl halides is 3. The van der Waals surface area contributed by atoms with Crippen molar-refractivity contribution in [3.8, 4) is 0 Å². The monoisotopic (exact) mass is 572 g/mol. The Bertz CT molecular complexity index is 1380. The van der Waals surface area contributed by atoms with Gasteiger partial charge in [-0.05, 0) is 43.7 Å². The van der Waals surface area contributed by atoms with Crippen molar-refractivity contribution < 1.29 is 27.2 Å². The molecule has 1 fully saturated rings. The average molecular weight is 573 g/mol. The Labute approximate surface area is 225 Å². The molecular formula is C24H22Cl2F4N6O2. The van der Waals surface area contributed by atoms with Crippen LogP contribution in [0.5, 0.6) is 0 Å². The molecule has 8 nitrogen and oxygen atoms in total. The Morgan fingerprint density at radius 2 is 1.87 bits per heavy atom. The fourth-order valence-corrected chi connectivity index (χ4v) is 4.57. The van der Waals surface area contributed by atoms with E-state index in [-0.39, 0.29) is 46.2 Å². The van der Waals surface area contributed by atoms with Crippen LogP contribution in [0.4, 0.5) is 34.9 Å². The Morgan fingerprint density at radius 1 is 1.16 bits per heavy atom. The number of nitrogens with one attached hydrogen (secondary N) is 1. The van der Waals surface area contributed by atoms with Crippen molar-refractivity contribution in [1.29, 1.82) is 0 Å². The lowest BCUT2D eigenvalue weighted by atomic mass is 10.0. The number of halogens is 6. The number of hydrogen-bond donors (Lipinski definition) is 1. The Morgan fingerprint density at radius 3 is 2.47 bits per heavy atom. The largest absolute Gasteiger partial charge is 0.416 e. The molecule has 202 valence electrons. The van der Waals surface area contributed by atoms with Crippen LogP contribution >= 0.6 is 23.2 Å². The van der Waals surface area contributed by atoms with E-state index < -0.39 is 41.3 Å². The van der Waals surface area contributed by atoms with Crippen LogP contribution in [-0.2, 0) is 22.8 Å². The molecule has 0 bridgehead atoms. The first-order valence-corrected chi connectivity index (χ1v) is 12.1. The maximum Gasteiger partial charge on any atom is 0.416 e. The summed E-state index contributed by atoms with van der Waals surface area (Å²) in [5.74, 6) is -2.41. The van der Waals surface area contributed by atoms with Crippen molar-refractivity contribution >= 4 is 52.3 Å². The van der Waals surface area contributed by atoms with E-state index in [1.807, 2.05) is 0 Å². The van der Waals surface area contributed by atoms with Gasteiger partial charge in [-0.1, -0.05) is 23.2 Å². The van der Waals surface area contributed by atoms with Gasteiger partial charge in [0.05, 0.1) is 16.5 Å². The van der Waals surface area contributed by atoms with Gasteiger partial charge in [-0.15, -0.1) is 0 Å². The molecule has 4 rings (SSSR count). The third-order valence-electron chi connectivity index (χ3n) is 6.21. The number of amides is 2. The molecule has 2 amide bonds. The van der Waals surface area contributed by atoms with Gasteiger partial charge in [-0.3, -0.25) is 14.3 Å². The molecule has 0 aliphatic carbocycles. The zero-order valence-electron chi connectivity index (χ0n) is 20.4. The number of aromatic nitrogens is 3. The highest BCUT2D eigenvalue weighted by atomic mass is 35.5. The molecule has 1 saturated heterocycles. The minimum atomic E-state index is -4.64. The zero-order chi connectivity index (χ0) is 27.9. The topological polar surface area (TPSA) is 83.4 Å². The molecule has 0 saturated carbocycles. The van der Waals surface area contributed by atoms with Gasteiger partial charge < -0.3 is 15.1 Å². The van der Waals surface area contributed by atoms with E-state index in [4.69, 9.17) is 23.2 Å². The molecule has 3 heterocycles. The van der Waals surface area contributed by atoms with E-state index in [1.54, 1.807) is 7.05 Å². The predicted octanol–water partition coefficient (Wildman–Crippen LogP) is 5.08. The normalized spacial score (nSPS) is 17.6. The molecule has 0 radical (unpaired) electrons. The summed E-state index contributed by atoms with van der Waals surface area (Å²) in [6.07, 6.45) is -4.67. The van der Waals surface area contributed by atoms with Crippen LogP contribution in [0, 0.1) is 18.7 Å². The number of nitrogens with zero attached hydrogens (tertiary/aromatic N) is 5. The first-order chi connectivity index (χ1) is 17.7. The van der Waals surface area contributed by atoms with Crippen LogP contribution in [0.25, 0.3) is 0 Å². The van der Waals surface area contributed by atoms with E-state index in [2.05, 4.69) is 15.4 Å². The quantitative estimate of drug-likeness (QED) is 0.431. The number of carbonyl (C=O) groups is 2. The second-order valence-corrected chi connectivity index (χ2v) is 9.71. The SMILES string of the molecule is Cc1cc(C(F)(F)F)cc(N2C[C@@H](C(=O)Nc3cc(Cl)n(C)n3)C[C@H]2C(=O)N(C)c2ccc(F)c(Cl)c2)n1. The highest BCUT2D eigenvalue weighted by Crippen LogP contribution is 2.36.